The Balaban J connectivity index is 2.26. The minimum Gasteiger partial charge on any atom is -0.396 e. The van der Waals surface area contributed by atoms with Gasteiger partial charge in [0.2, 0.25) is 0 Å². The van der Waals surface area contributed by atoms with E-state index in [9.17, 15) is 4.79 Å². The smallest absolute Gasteiger partial charge is 0.159 e. The first-order chi connectivity index (χ1) is 9.61. The fourth-order valence-corrected chi connectivity index (χ4v) is 2.15. The summed E-state index contributed by atoms with van der Waals surface area (Å²) < 4.78 is 0. The number of benzene rings is 2. The molecule has 0 spiro atoms. The monoisotopic (exact) mass is 269 g/mol. The van der Waals surface area contributed by atoms with Crippen LogP contribution in [0.3, 0.4) is 0 Å². The molecule has 0 amide bonds. The topological polar surface area (TPSA) is 63.3 Å². The summed E-state index contributed by atoms with van der Waals surface area (Å²) in [6, 6.07) is 15.4. The number of rotatable bonds is 5. The van der Waals surface area contributed by atoms with Crippen molar-refractivity contribution < 1.29 is 9.90 Å². The predicted molar refractivity (Wildman–Crippen MR) is 80.5 cm³/mol. The molecule has 0 aromatic heterocycles. The molecule has 3 heteroatoms. The van der Waals surface area contributed by atoms with Gasteiger partial charge in [0, 0.05) is 18.2 Å². The highest BCUT2D eigenvalue weighted by Gasteiger charge is 2.06. The van der Waals surface area contributed by atoms with Crippen LogP contribution in [0.4, 0.5) is 0 Å². The summed E-state index contributed by atoms with van der Waals surface area (Å²) in [5, 5.41) is 8.90. The molecule has 0 bridgehead atoms. The Morgan fingerprint density at radius 3 is 2.45 bits per heavy atom. The van der Waals surface area contributed by atoms with E-state index in [1.807, 2.05) is 48.5 Å². The third kappa shape index (κ3) is 3.32. The molecule has 3 N–H and O–H groups in total. The number of carbonyl (C=O) groups is 1. The molecule has 0 aliphatic carbocycles. The Morgan fingerprint density at radius 2 is 1.85 bits per heavy atom. The van der Waals surface area contributed by atoms with Crippen LogP contribution < -0.4 is 5.73 Å². The van der Waals surface area contributed by atoms with Crippen LogP contribution in [0, 0.1) is 0 Å². The average molecular weight is 269 g/mol. The van der Waals surface area contributed by atoms with Crippen LogP contribution in [0.2, 0.25) is 0 Å². The van der Waals surface area contributed by atoms with E-state index in [2.05, 4.69) is 0 Å². The second-order valence-electron chi connectivity index (χ2n) is 4.88. The SMILES string of the molecule is CC(=O)c1cccc(-c2ccc(C(N)CCO)cc2)c1. The highest BCUT2D eigenvalue weighted by atomic mass is 16.3. The van der Waals surface area contributed by atoms with Crippen molar-refractivity contribution in [2.75, 3.05) is 6.61 Å². The van der Waals surface area contributed by atoms with E-state index >= 15 is 0 Å². The zero-order valence-electron chi connectivity index (χ0n) is 11.5. The van der Waals surface area contributed by atoms with Crippen molar-refractivity contribution >= 4 is 5.78 Å². The van der Waals surface area contributed by atoms with Gasteiger partial charge in [-0.1, -0.05) is 42.5 Å². The number of hydrogen-bond donors (Lipinski definition) is 2. The molecular formula is C17H19NO2. The lowest BCUT2D eigenvalue weighted by Crippen LogP contribution is -2.11. The molecular weight excluding hydrogens is 250 g/mol. The summed E-state index contributed by atoms with van der Waals surface area (Å²) in [5.41, 5.74) is 9.73. The summed E-state index contributed by atoms with van der Waals surface area (Å²) in [6.07, 6.45) is 0.555. The molecule has 20 heavy (non-hydrogen) atoms. The quantitative estimate of drug-likeness (QED) is 0.820. The third-order valence-corrected chi connectivity index (χ3v) is 3.38. The first-order valence-electron chi connectivity index (χ1n) is 6.69. The Hall–Kier alpha value is -1.97. The second-order valence-corrected chi connectivity index (χ2v) is 4.88. The van der Waals surface area contributed by atoms with Gasteiger partial charge in [-0.15, -0.1) is 0 Å². The van der Waals surface area contributed by atoms with E-state index in [0.717, 1.165) is 16.7 Å². The maximum atomic E-state index is 11.4. The van der Waals surface area contributed by atoms with Crippen LogP contribution in [0.15, 0.2) is 48.5 Å². The first-order valence-corrected chi connectivity index (χ1v) is 6.69. The Morgan fingerprint density at radius 1 is 1.15 bits per heavy atom. The summed E-state index contributed by atoms with van der Waals surface area (Å²) in [4.78, 5) is 11.4. The van der Waals surface area contributed by atoms with Crippen molar-refractivity contribution in [2.45, 2.75) is 19.4 Å². The van der Waals surface area contributed by atoms with Crippen molar-refractivity contribution in [3.8, 4) is 11.1 Å². The highest BCUT2D eigenvalue weighted by Crippen LogP contribution is 2.23. The molecule has 0 fully saturated rings. The lowest BCUT2D eigenvalue weighted by atomic mass is 9.98. The van der Waals surface area contributed by atoms with Crippen molar-refractivity contribution in [2.24, 2.45) is 5.73 Å². The van der Waals surface area contributed by atoms with E-state index in [-0.39, 0.29) is 18.4 Å². The minimum absolute atomic E-state index is 0.0634. The maximum absolute atomic E-state index is 11.4. The molecule has 0 aliphatic rings. The number of nitrogens with two attached hydrogens (primary N) is 1. The number of ketones is 1. The van der Waals surface area contributed by atoms with Crippen LogP contribution in [-0.2, 0) is 0 Å². The first kappa shape index (κ1) is 14.4. The number of carbonyl (C=O) groups excluding carboxylic acids is 1. The molecule has 2 aromatic rings. The van der Waals surface area contributed by atoms with E-state index in [0.29, 0.717) is 12.0 Å². The second kappa shape index (κ2) is 6.46. The van der Waals surface area contributed by atoms with Crippen LogP contribution >= 0.6 is 0 Å². The number of aliphatic hydroxyl groups is 1. The third-order valence-electron chi connectivity index (χ3n) is 3.38. The summed E-state index contributed by atoms with van der Waals surface area (Å²) in [7, 11) is 0. The fraction of sp³-hybridized carbons (Fsp3) is 0.235. The Bertz CT molecular complexity index is 590. The molecule has 104 valence electrons. The largest absolute Gasteiger partial charge is 0.396 e. The lowest BCUT2D eigenvalue weighted by Gasteiger charge is -2.11. The van der Waals surface area contributed by atoms with Gasteiger partial charge >= 0.3 is 0 Å². The van der Waals surface area contributed by atoms with Gasteiger partial charge in [-0.05, 0) is 36.1 Å². The van der Waals surface area contributed by atoms with Crippen molar-refractivity contribution in [1.29, 1.82) is 0 Å². The molecule has 0 saturated heterocycles. The standard InChI is InChI=1S/C17H19NO2/c1-12(20)15-3-2-4-16(11-15)13-5-7-14(8-6-13)17(18)9-10-19/h2-8,11,17,19H,9-10,18H2,1H3. The van der Waals surface area contributed by atoms with Crippen LogP contribution in [-0.4, -0.2) is 17.5 Å². The van der Waals surface area contributed by atoms with Crippen LogP contribution in [0.1, 0.15) is 35.3 Å². The van der Waals surface area contributed by atoms with Gasteiger partial charge in [-0.25, -0.2) is 0 Å². The highest BCUT2D eigenvalue weighted by molar-refractivity contribution is 5.95. The Kier molecular flexibility index (Phi) is 4.66. The molecule has 0 heterocycles. The van der Waals surface area contributed by atoms with E-state index in [4.69, 9.17) is 10.8 Å². The minimum atomic E-state index is -0.141. The van der Waals surface area contributed by atoms with Gasteiger partial charge in [0.05, 0.1) is 0 Å². The number of aliphatic hydroxyl groups excluding tert-OH is 1. The van der Waals surface area contributed by atoms with Crippen molar-refractivity contribution in [3.63, 3.8) is 0 Å². The molecule has 2 rings (SSSR count). The van der Waals surface area contributed by atoms with Gasteiger partial charge in [-0.2, -0.15) is 0 Å². The number of hydrogen-bond acceptors (Lipinski definition) is 3. The lowest BCUT2D eigenvalue weighted by molar-refractivity contribution is 0.101. The average Bonchev–Trinajstić information content (AvgIpc) is 2.48. The fourth-order valence-electron chi connectivity index (χ4n) is 2.15. The van der Waals surface area contributed by atoms with Crippen molar-refractivity contribution in [1.82, 2.24) is 0 Å². The molecule has 0 saturated carbocycles. The summed E-state index contributed by atoms with van der Waals surface area (Å²) in [5.74, 6) is 0.0634. The van der Waals surface area contributed by atoms with Gasteiger partial charge in [0.1, 0.15) is 0 Å². The molecule has 3 nitrogen and oxygen atoms in total. The Labute approximate surface area is 119 Å². The summed E-state index contributed by atoms with van der Waals surface area (Å²) >= 11 is 0. The van der Waals surface area contributed by atoms with E-state index < -0.39 is 0 Å². The van der Waals surface area contributed by atoms with Gasteiger partial charge < -0.3 is 10.8 Å². The number of Topliss-reactive ketones (excluding diaryl/α,β-unsaturated/α-hetero) is 1. The predicted octanol–water partition coefficient (Wildman–Crippen LogP) is 2.94. The van der Waals surface area contributed by atoms with Crippen LogP contribution in [0.5, 0.6) is 0 Å². The van der Waals surface area contributed by atoms with Gasteiger partial charge in [-0.3, -0.25) is 4.79 Å². The maximum Gasteiger partial charge on any atom is 0.159 e. The zero-order valence-corrected chi connectivity index (χ0v) is 11.5. The molecule has 0 aliphatic heterocycles. The van der Waals surface area contributed by atoms with E-state index in [1.165, 1.54) is 0 Å². The molecule has 2 aromatic carbocycles. The normalized spacial score (nSPS) is 12.2. The molecule has 0 radical (unpaired) electrons. The van der Waals surface area contributed by atoms with E-state index in [1.54, 1.807) is 6.92 Å². The van der Waals surface area contributed by atoms with Gasteiger partial charge in [0.25, 0.3) is 0 Å². The molecule has 1 unspecified atom stereocenters. The molecule has 1 atom stereocenters. The zero-order chi connectivity index (χ0) is 14.5. The van der Waals surface area contributed by atoms with Crippen molar-refractivity contribution in [3.05, 3.63) is 59.7 Å². The van der Waals surface area contributed by atoms with Crippen LogP contribution in [0.25, 0.3) is 11.1 Å². The van der Waals surface area contributed by atoms with Gasteiger partial charge in [0.15, 0.2) is 5.78 Å². The summed E-state index contributed by atoms with van der Waals surface area (Å²) in [6.45, 7) is 1.65.